The lowest BCUT2D eigenvalue weighted by molar-refractivity contribution is -0.116. The lowest BCUT2D eigenvalue weighted by Crippen LogP contribution is -2.33. The SMILES string of the molecule is COc1ccc([C@@H]2CC(=O)C3=C(C2)NC(C)=C(C#N)[C@@H]3c2ccc(Cl)c(Cl)c2)cc1. The van der Waals surface area contributed by atoms with Crippen LogP contribution >= 0.6 is 23.2 Å². The second-order valence-corrected chi connectivity index (χ2v) is 8.39. The number of allylic oxidation sites excluding steroid dienone is 4. The van der Waals surface area contributed by atoms with E-state index in [0.717, 1.165) is 28.3 Å². The van der Waals surface area contributed by atoms with Gasteiger partial charge in [-0.3, -0.25) is 4.79 Å². The van der Waals surface area contributed by atoms with Gasteiger partial charge in [0, 0.05) is 23.4 Å². The van der Waals surface area contributed by atoms with Gasteiger partial charge in [0.1, 0.15) is 5.75 Å². The summed E-state index contributed by atoms with van der Waals surface area (Å²) in [6.07, 6.45) is 1.09. The largest absolute Gasteiger partial charge is 0.497 e. The number of carbonyl (C=O) groups is 1. The van der Waals surface area contributed by atoms with Crippen molar-refractivity contribution < 1.29 is 9.53 Å². The Morgan fingerprint density at radius 3 is 2.40 bits per heavy atom. The van der Waals surface area contributed by atoms with Crippen LogP contribution in [0.4, 0.5) is 0 Å². The standard InChI is InChI=1S/C24H20Cl2N2O2/c1-13-18(12-27)23(15-5-8-19(25)20(26)9-15)24-21(28-13)10-16(11-22(24)29)14-3-6-17(30-2)7-4-14/h3-9,16,23,28H,10-11H2,1-2H3/t16-,23-/m0/s1. The van der Waals surface area contributed by atoms with Gasteiger partial charge in [-0.25, -0.2) is 0 Å². The van der Waals surface area contributed by atoms with E-state index in [1.807, 2.05) is 37.3 Å². The topological polar surface area (TPSA) is 62.1 Å². The van der Waals surface area contributed by atoms with Gasteiger partial charge in [-0.1, -0.05) is 41.4 Å². The summed E-state index contributed by atoms with van der Waals surface area (Å²) >= 11 is 12.3. The zero-order chi connectivity index (χ0) is 21.4. The van der Waals surface area contributed by atoms with Gasteiger partial charge in [0.15, 0.2) is 5.78 Å². The highest BCUT2D eigenvalue weighted by Crippen LogP contribution is 2.46. The Morgan fingerprint density at radius 2 is 1.77 bits per heavy atom. The number of ether oxygens (including phenoxy) is 1. The first-order chi connectivity index (χ1) is 14.4. The zero-order valence-corrected chi connectivity index (χ0v) is 18.1. The normalized spacial score (nSPS) is 21.1. The summed E-state index contributed by atoms with van der Waals surface area (Å²) in [5, 5.41) is 14.0. The molecule has 4 nitrogen and oxygen atoms in total. The molecule has 0 bridgehead atoms. The second-order valence-electron chi connectivity index (χ2n) is 7.58. The first-order valence-electron chi connectivity index (χ1n) is 9.66. The molecule has 6 heteroatoms. The molecule has 1 aliphatic heterocycles. The van der Waals surface area contributed by atoms with Gasteiger partial charge in [0.05, 0.1) is 34.7 Å². The number of dihydropyridines is 1. The minimum atomic E-state index is -0.440. The minimum absolute atomic E-state index is 0.0425. The monoisotopic (exact) mass is 438 g/mol. The van der Waals surface area contributed by atoms with Crippen LogP contribution in [0.1, 0.15) is 42.7 Å². The van der Waals surface area contributed by atoms with Crippen molar-refractivity contribution in [3.8, 4) is 11.8 Å². The van der Waals surface area contributed by atoms with Crippen LogP contribution in [0.2, 0.25) is 10.0 Å². The summed E-state index contributed by atoms with van der Waals surface area (Å²) in [6, 6.07) is 15.4. The molecule has 2 aromatic carbocycles. The van der Waals surface area contributed by atoms with Crippen LogP contribution in [0.15, 0.2) is 65.0 Å². The van der Waals surface area contributed by atoms with Crippen LogP contribution in [0.3, 0.4) is 0 Å². The smallest absolute Gasteiger partial charge is 0.162 e. The van der Waals surface area contributed by atoms with Crippen molar-refractivity contribution in [2.24, 2.45) is 0 Å². The quantitative estimate of drug-likeness (QED) is 0.648. The van der Waals surface area contributed by atoms with E-state index in [2.05, 4.69) is 11.4 Å². The van der Waals surface area contributed by atoms with E-state index >= 15 is 0 Å². The third kappa shape index (κ3) is 3.60. The highest BCUT2D eigenvalue weighted by atomic mass is 35.5. The lowest BCUT2D eigenvalue weighted by Gasteiger charge is -2.35. The molecule has 2 atom stereocenters. The van der Waals surface area contributed by atoms with E-state index in [9.17, 15) is 10.1 Å². The predicted molar refractivity (Wildman–Crippen MR) is 118 cm³/mol. The van der Waals surface area contributed by atoms with E-state index < -0.39 is 5.92 Å². The number of nitrogens with zero attached hydrogens (tertiary/aromatic N) is 1. The summed E-state index contributed by atoms with van der Waals surface area (Å²) in [5.74, 6) is 0.459. The summed E-state index contributed by atoms with van der Waals surface area (Å²) in [6.45, 7) is 1.87. The molecule has 1 N–H and O–H groups in total. The molecular weight excluding hydrogens is 419 g/mol. The highest BCUT2D eigenvalue weighted by Gasteiger charge is 2.39. The third-order valence-electron chi connectivity index (χ3n) is 5.81. The Kier molecular flexibility index (Phi) is 5.60. The van der Waals surface area contributed by atoms with E-state index in [0.29, 0.717) is 34.0 Å². The molecule has 2 aromatic rings. The number of rotatable bonds is 3. The fraction of sp³-hybridized carbons (Fsp3) is 0.250. The van der Waals surface area contributed by atoms with Crippen molar-refractivity contribution >= 4 is 29.0 Å². The number of nitrogens with one attached hydrogen (secondary N) is 1. The Labute approximate surface area is 185 Å². The van der Waals surface area contributed by atoms with Gasteiger partial charge in [0.25, 0.3) is 0 Å². The summed E-state index contributed by atoms with van der Waals surface area (Å²) in [5.41, 5.74) is 4.71. The molecule has 0 aromatic heterocycles. The van der Waals surface area contributed by atoms with Crippen molar-refractivity contribution in [1.82, 2.24) is 5.32 Å². The molecule has 0 spiro atoms. The minimum Gasteiger partial charge on any atom is -0.497 e. The van der Waals surface area contributed by atoms with E-state index in [1.165, 1.54) is 0 Å². The predicted octanol–water partition coefficient (Wildman–Crippen LogP) is 5.89. The maximum absolute atomic E-state index is 13.3. The first kappa shape index (κ1) is 20.5. The van der Waals surface area contributed by atoms with Crippen LogP contribution in [0.5, 0.6) is 5.75 Å². The average Bonchev–Trinajstić information content (AvgIpc) is 2.74. The Morgan fingerprint density at radius 1 is 1.07 bits per heavy atom. The maximum atomic E-state index is 13.3. The number of methoxy groups -OCH3 is 1. The molecule has 0 radical (unpaired) electrons. The number of benzene rings is 2. The molecule has 1 heterocycles. The van der Waals surface area contributed by atoms with Gasteiger partial charge in [-0.15, -0.1) is 0 Å². The number of nitriles is 1. The molecule has 4 rings (SSSR count). The molecule has 30 heavy (non-hydrogen) atoms. The van der Waals surface area contributed by atoms with Gasteiger partial charge >= 0.3 is 0 Å². The van der Waals surface area contributed by atoms with Crippen LogP contribution in [-0.4, -0.2) is 12.9 Å². The zero-order valence-electron chi connectivity index (χ0n) is 16.6. The molecule has 0 amide bonds. The van der Waals surface area contributed by atoms with Crippen LogP contribution in [-0.2, 0) is 4.79 Å². The van der Waals surface area contributed by atoms with Gasteiger partial charge < -0.3 is 10.1 Å². The molecule has 1 aliphatic carbocycles. The van der Waals surface area contributed by atoms with Crippen molar-refractivity contribution in [1.29, 1.82) is 5.26 Å². The Hall–Kier alpha value is -2.74. The van der Waals surface area contributed by atoms with Crippen molar-refractivity contribution in [2.75, 3.05) is 7.11 Å². The first-order valence-corrected chi connectivity index (χ1v) is 10.4. The molecule has 0 saturated heterocycles. The van der Waals surface area contributed by atoms with Crippen molar-refractivity contribution in [3.05, 3.63) is 86.2 Å². The number of ketones is 1. The van der Waals surface area contributed by atoms with Gasteiger partial charge in [-0.05, 0) is 54.7 Å². The number of hydrogen-bond donors (Lipinski definition) is 1. The number of carbonyl (C=O) groups excluding carboxylic acids is 1. The Balaban J connectivity index is 1.76. The van der Waals surface area contributed by atoms with Gasteiger partial charge in [0.2, 0.25) is 0 Å². The van der Waals surface area contributed by atoms with Crippen molar-refractivity contribution in [3.63, 3.8) is 0 Å². The average molecular weight is 439 g/mol. The maximum Gasteiger partial charge on any atom is 0.162 e. The summed E-state index contributed by atoms with van der Waals surface area (Å²) in [7, 11) is 1.63. The molecule has 0 fully saturated rings. The van der Waals surface area contributed by atoms with E-state index in [1.54, 1.807) is 19.2 Å². The van der Waals surface area contributed by atoms with Crippen molar-refractivity contribution in [2.45, 2.75) is 31.6 Å². The molecule has 0 saturated carbocycles. The summed E-state index contributed by atoms with van der Waals surface area (Å²) in [4.78, 5) is 13.3. The van der Waals surface area contributed by atoms with Crippen LogP contribution in [0, 0.1) is 11.3 Å². The number of hydrogen-bond acceptors (Lipinski definition) is 4. The number of Topliss-reactive ketones (excluding diaryl/α,β-unsaturated/α-hetero) is 1. The molecular formula is C24H20Cl2N2O2. The Bertz CT molecular complexity index is 1130. The van der Waals surface area contributed by atoms with Crippen LogP contribution in [0.25, 0.3) is 0 Å². The molecule has 2 aliphatic rings. The molecule has 152 valence electrons. The summed E-state index contributed by atoms with van der Waals surface area (Å²) < 4.78 is 5.24. The highest BCUT2D eigenvalue weighted by molar-refractivity contribution is 6.42. The fourth-order valence-electron chi connectivity index (χ4n) is 4.32. The van der Waals surface area contributed by atoms with E-state index in [-0.39, 0.29) is 11.7 Å². The lowest BCUT2D eigenvalue weighted by atomic mass is 9.72. The third-order valence-corrected chi connectivity index (χ3v) is 6.55. The van der Waals surface area contributed by atoms with Gasteiger partial charge in [-0.2, -0.15) is 5.26 Å². The number of halogens is 2. The van der Waals surface area contributed by atoms with Crippen LogP contribution < -0.4 is 10.1 Å². The fourth-order valence-corrected chi connectivity index (χ4v) is 4.63. The van der Waals surface area contributed by atoms with E-state index in [4.69, 9.17) is 27.9 Å². The second kappa shape index (κ2) is 8.18. The molecule has 0 unspecified atom stereocenters.